The SMILES string of the molecule is COC(=O)c1c(CNC(=O)c2cnn(C)c2)c(=O)c2c(n1-c1ccccc1)=CC(Cl)CC=2. The van der Waals surface area contributed by atoms with Gasteiger partial charge in [-0.2, -0.15) is 5.10 Å². The van der Waals surface area contributed by atoms with E-state index in [4.69, 9.17) is 16.3 Å². The third-order valence-corrected chi connectivity index (χ3v) is 5.52. The minimum Gasteiger partial charge on any atom is -0.464 e. The Balaban J connectivity index is 1.94. The average molecular weight is 453 g/mol. The van der Waals surface area contributed by atoms with Crippen LogP contribution in [0.2, 0.25) is 0 Å². The molecule has 0 saturated heterocycles. The van der Waals surface area contributed by atoms with Gasteiger partial charge in [0.25, 0.3) is 5.91 Å². The first-order valence-electron chi connectivity index (χ1n) is 9.95. The Morgan fingerprint density at radius 1 is 1.28 bits per heavy atom. The highest BCUT2D eigenvalue weighted by Gasteiger charge is 2.25. The molecule has 1 amide bonds. The minimum atomic E-state index is -0.690. The van der Waals surface area contributed by atoms with E-state index in [1.807, 2.05) is 30.3 Å². The number of nitrogens with one attached hydrogen (secondary N) is 1. The normalized spacial score (nSPS) is 14.7. The van der Waals surface area contributed by atoms with E-state index in [-0.39, 0.29) is 28.6 Å². The Kier molecular flexibility index (Phi) is 5.96. The Labute approximate surface area is 188 Å². The summed E-state index contributed by atoms with van der Waals surface area (Å²) in [7, 11) is 2.95. The van der Waals surface area contributed by atoms with Crippen LogP contribution in [-0.4, -0.2) is 38.7 Å². The van der Waals surface area contributed by atoms with Gasteiger partial charge in [-0.3, -0.25) is 14.3 Å². The number of rotatable bonds is 5. The number of ether oxygens (including phenoxy) is 1. The van der Waals surface area contributed by atoms with Crippen LogP contribution in [0.1, 0.15) is 32.8 Å². The number of pyridine rings is 1. The van der Waals surface area contributed by atoms with Crippen LogP contribution in [0, 0.1) is 0 Å². The highest BCUT2D eigenvalue weighted by atomic mass is 35.5. The van der Waals surface area contributed by atoms with Crippen molar-refractivity contribution in [3.05, 3.63) is 80.3 Å². The van der Waals surface area contributed by atoms with E-state index in [1.165, 1.54) is 18.0 Å². The zero-order chi connectivity index (χ0) is 22.8. The van der Waals surface area contributed by atoms with E-state index in [9.17, 15) is 14.4 Å². The minimum absolute atomic E-state index is 0.0457. The molecule has 0 radical (unpaired) electrons. The Morgan fingerprint density at radius 3 is 2.69 bits per heavy atom. The van der Waals surface area contributed by atoms with Gasteiger partial charge >= 0.3 is 5.97 Å². The number of methoxy groups -OCH3 is 1. The predicted octanol–water partition coefficient (Wildman–Crippen LogP) is 0.860. The molecule has 0 spiro atoms. The average Bonchev–Trinajstić information content (AvgIpc) is 3.24. The quantitative estimate of drug-likeness (QED) is 0.457. The van der Waals surface area contributed by atoms with Crippen LogP contribution in [0.15, 0.2) is 47.5 Å². The van der Waals surface area contributed by atoms with Gasteiger partial charge in [0.15, 0.2) is 5.43 Å². The summed E-state index contributed by atoms with van der Waals surface area (Å²) in [4.78, 5) is 38.9. The molecular weight excluding hydrogens is 432 g/mol. The smallest absolute Gasteiger partial charge is 0.355 e. The van der Waals surface area contributed by atoms with Crippen molar-refractivity contribution in [1.82, 2.24) is 19.7 Å². The van der Waals surface area contributed by atoms with Crippen LogP contribution in [0.4, 0.5) is 0 Å². The van der Waals surface area contributed by atoms with Crippen LogP contribution in [0.25, 0.3) is 17.8 Å². The zero-order valence-corrected chi connectivity index (χ0v) is 18.3. The van der Waals surface area contributed by atoms with Crippen molar-refractivity contribution in [3.63, 3.8) is 0 Å². The topological polar surface area (TPSA) is 95.2 Å². The molecule has 1 aromatic carbocycles. The van der Waals surface area contributed by atoms with E-state index in [1.54, 1.807) is 30.0 Å². The molecule has 1 N–H and O–H groups in total. The van der Waals surface area contributed by atoms with Gasteiger partial charge in [-0.05, 0) is 24.6 Å². The fourth-order valence-corrected chi connectivity index (χ4v) is 3.93. The number of nitrogens with zero attached hydrogens (tertiary/aromatic N) is 3. The van der Waals surface area contributed by atoms with Crippen LogP contribution in [-0.2, 0) is 18.3 Å². The van der Waals surface area contributed by atoms with Gasteiger partial charge in [0.1, 0.15) is 5.69 Å². The number of carbonyl (C=O) groups excluding carboxylic acids is 2. The summed E-state index contributed by atoms with van der Waals surface area (Å²) in [6.07, 6.45) is 7.00. The molecule has 0 saturated carbocycles. The fraction of sp³-hybridized carbons (Fsp3) is 0.217. The number of hydrogen-bond acceptors (Lipinski definition) is 5. The first-order valence-corrected chi connectivity index (χ1v) is 10.4. The molecule has 0 fully saturated rings. The van der Waals surface area contributed by atoms with Crippen molar-refractivity contribution in [1.29, 1.82) is 0 Å². The van der Waals surface area contributed by atoms with Crippen molar-refractivity contribution >= 4 is 35.6 Å². The summed E-state index contributed by atoms with van der Waals surface area (Å²) < 4.78 is 8.19. The van der Waals surface area contributed by atoms with Crippen LogP contribution < -0.4 is 21.3 Å². The van der Waals surface area contributed by atoms with Gasteiger partial charge in [-0.25, -0.2) is 4.79 Å². The number of aryl methyl sites for hydroxylation is 1. The predicted molar refractivity (Wildman–Crippen MR) is 120 cm³/mol. The van der Waals surface area contributed by atoms with Gasteiger partial charge in [-0.15, -0.1) is 11.6 Å². The van der Waals surface area contributed by atoms with Crippen LogP contribution in [0.3, 0.4) is 0 Å². The monoisotopic (exact) mass is 452 g/mol. The van der Waals surface area contributed by atoms with Crippen molar-refractivity contribution in [2.24, 2.45) is 7.05 Å². The van der Waals surface area contributed by atoms with Crippen LogP contribution >= 0.6 is 11.6 Å². The maximum atomic E-state index is 13.4. The summed E-state index contributed by atoms with van der Waals surface area (Å²) in [5, 5.41) is 7.34. The van der Waals surface area contributed by atoms with Gasteiger partial charge in [0.2, 0.25) is 0 Å². The number of hydrogen-bond donors (Lipinski definition) is 1. The summed E-state index contributed by atoms with van der Waals surface area (Å²) in [5.74, 6) is -1.10. The number of aromatic nitrogens is 3. The summed E-state index contributed by atoms with van der Waals surface area (Å²) >= 11 is 6.35. The van der Waals surface area contributed by atoms with E-state index >= 15 is 0 Å². The first-order chi connectivity index (χ1) is 15.4. The maximum absolute atomic E-state index is 13.4. The lowest BCUT2D eigenvalue weighted by molar-refractivity contribution is 0.0587. The van der Waals surface area contributed by atoms with Crippen molar-refractivity contribution in [2.45, 2.75) is 18.3 Å². The molecule has 3 aromatic rings. The second-order valence-electron chi connectivity index (χ2n) is 7.33. The molecule has 4 rings (SSSR count). The molecule has 0 aliphatic heterocycles. The number of benzene rings is 1. The van der Waals surface area contributed by atoms with Crippen molar-refractivity contribution < 1.29 is 14.3 Å². The lowest BCUT2D eigenvalue weighted by Crippen LogP contribution is -2.51. The molecule has 1 aliphatic carbocycles. The van der Waals surface area contributed by atoms with Gasteiger partial charge in [0, 0.05) is 30.7 Å². The van der Waals surface area contributed by atoms with E-state index in [2.05, 4.69) is 10.4 Å². The second kappa shape index (κ2) is 8.84. The molecule has 0 bridgehead atoms. The standard InChI is InChI=1S/C23H21ClN4O4/c1-27-13-14(11-26-27)22(30)25-12-18-20(23(31)32-2)28(16-6-4-3-5-7-16)19-10-15(24)8-9-17(19)21(18)29/h3-7,9-11,13,15H,8,12H2,1-2H3,(H,25,30). The molecule has 8 nitrogen and oxygen atoms in total. The number of fused-ring (bicyclic) bond motifs is 1. The molecule has 1 unspecified atom stereocenters. The molecule has 1 aliphatic rings. The molecule has 32 heavy (non-hydrogen) atoms. The van der Waals surface area contributed by atoms with E-state index in [0.29, 0.717) is 28.2 Å². The third-order valence-electron chi connectivity index (χ3n) is 5.22. The van der Waals surface area contributed by atoms with Crippen LogP contribution in [0.5, 0.6) is 0 Å². The summed E-state index contributed by atoms with van der Waals surface area (Å²) in [6.45, 7) is -0.157. The summed E-state index contributed by atoms with van der Waals surface area (Å²) in [5.41, 5.74) is 0.843. The van der Waals surface area contributed by atoms with Crippen molar-refractivity contribution in [3.8, 4) is 5.69 Å². The maximum Gasteiger partial charge on any atom is 0.355 e. The molecule has 164 valence electrons. The number of alkyl halides is 1. The fourth-order valence-electron chi connectivity index (χ4n) is 3.72. The highest BCUT2D eigenvalue weighted by Crippen LogP contribution is 2.14. The number of carbonyl (C=O) groups is 2. The summed E-state index contributed by atoms with van der Waals surface area (Å²) in [6, 6.07) is 9.15. The lowest BCUT2D eigenvalue weighted by Gasteiger charge is -2.20. The molecule has 1 atom stereocenters. The molecule has 2 heterocycles. The molecule has 2 aromatic heterocycles. The highest BCUT2D eigenvalue weighted by molar-refractivity contribution is 6.24. The third kappa shape index (κ3) is 3.97. The van der Waals surface area contributed by atoms with Crippen molar-refractivity contribution in [2.75, 3.05) is 7.11 Å². The zero-order valence-electron chi connectivity index (χ0n) is 17.5. The van der Waals surface area contributed by atoms with Gasteiger partial charge in [0.05, 0.1) is 35.2 Å². The van der Waals surface area contributed by atoms with E-state index < -0.39 is 11.9 Å². The Morgan fingerprint density at radius 2 is 2.03 bits per heavy atom. The van der Waals surface area contributed by atoms with E-state index in [0.717, 1.165) is 0 Å². The Hall–Kier alpha value is -3.65. The molecule has 9 heteroatoms. The Bertz CT molecular complexity index is 1380. The number of para-hydroxylation sites is 1. The lowest BCUT2D eigenvalue weighted by atomic mass is 10.0. The number of esters is 1. The number of halogens is 1. The largest absolute Gasteiger partial charge is 0.464 e. The molecular formula is C23H21ClN4O4. The number of amides is 1. The van der Waals surface area contributed by atoms with Gasteiger partial charge in [-0.1, -0.05) is 24.3 Å². The first kappa shape index (κ1) is 21.6. The second-order valence-corrected chi connectivity index (χ2v) is 7.89. The van der Waals surface area contributed by atoms with Gasteiger partial charge < -0.3 is 14.6 Å².